The molecule has 0 bridgehead atoms. The number of amides is 1. The van der Waals surface area contributed by atoms with Gasteiger partial charge in [-0.2, -0.15) is 0 Å². The van der Waals surface area contributed by atoms with Gasteiger partial charge in [0.2, 0.25) is 5.91 Å². The number of carbonyl (C=O) groups excluding carboxylic acids is 1. The van der Waals surface area contributed by atoms with Gasteiger partial charge in [0.1, 0.15) is 5.41 Å². The highest BCUT2D eigenvalue weighted by Crippen LogP contribution is 2.27. The molecule has 15 heavy (non-hydrogen) atoms. The van der Waals surface area contributed by atoms with Gasteiger partial charge in [0.25, 0.3) is 0 Å². The summed E-state index contributed by atoms with van der Waals surface area (Å²) in [6, 6.07) is 0.233. The Labute approximate surface area is 90.3 Å². The van der Waals surface area contributed by atoms with Crippen LogP contribution in [0.2, 0.25) is 0 Å². The van der Waals surface area contributed by atoms with Gasteiger partial charge in [0, 0.05) is 12.6 Å². The van der Waals surface area contributed by atoms with Crippen LogP contribution in [0.25, 0.3) is 0 Å². The molecular formula is C11H19NO3. The summed E-state index contributed by atoms with van der Waals surface area (Å²) in [5.41, 5.74) is -1.29. The molecule has 1 saturated heterocycles. The van der Waals surface area contributed by atoms with Crippen LogP contribution in [0, 0.1) is 5.41 Å². The minimum absolute atomic E-state index is 0.233. The number of rotatable bonds is 3. The van der Waals surface area contributed by atoms with Crippen molar-refractivity contribution >= 4 is 11.9 Å². The van der Waals surface area contributed by atoms with Gasteiger partial charge in [-0.3, -0.25) is 9.59 Å². The van der Waals surface area contributed by atoms with E-state index in [9.17, 15) is 9.59 Å². The minimum atomic E-state index is -1.29. The second-order valence-corrected chi connectivity index (χ2v) is 4.63. The molecule has 4 nitrogen and oxygen atoms in total. The Morgan fingerprint density at radius 1 is 1.47 bits per heavy atom. The van der Waals surface area contributed by atoms with Crippen LogP contribution in [0.3, 0.4) is 0 Å². The van der Waals surface area contributed by atoms with Gasteiger partial charge in [0.15, 0.2) is 0 Å². The van der Waals surface area contributed by atoms with Crippen molar-refractivity contribution in [2.24, 2.45) is 5.41 Å². The molecule has 1 N–H and O–H groups in total. The molecular weight excluding hydrogens is 194 g/mol. The molecule has 0 aromatic rings. The average molecular weight is 213 g/mol. The van der Waals surface area contributed by atoms with Crippen LogP contribution in [0.5, 0.6) is 0 Å². The van der Waals surface area contributed by atoms with Gasteiger partial charge < -0.3 is 10.0 Å². The van der Waals surface area contributed by atoms with E-state index in [1.807, 2.05) is 6.92 Å². The topological polar surface area (TPSA) is 57.6 Å². The molecule has 1 aliphatic heterocycles. The zero-order valence-corrected chi connectivity index (χ0v) is 9.62. The van der Waals surface area contributed by atoms with Crippen molar-refractivity contribution < 1.29 is 14.7 Å². The highest BCUT2D eigenvalue weighted by atomic mass is 16.4. The number of likely N-dealkylation sites (tertiary alicyclic amines) is 1. The maximum absolute atomic E-state index is 12.0. The fraction of sp³-hybridized carbons (Fsp3) is 0.818. The molecule has 1 unspecified atom stereocenters. The summed E-state index contributed by atoms with van der Waals surface area (Å²) in [5.74, 6) is -1.30. The summed E-state index contributed by atoms with van der Waals surface area (Å²) >= 11 is 0. The molecule has 1 amide bonds. The predicted molar refractivity (Wildman–Crippen MR) is 56.4 cm³/mol. The first-order valence-electron chi connectivity index (χ1n) is 5.45. The monoisotopic (exact) mass is 213 g/mol. The summed E-state index contributed by atoms with van der Waals surface area (Å²) in [6.45, 7) is 5.68. The lowest BCUT2D eigenvalue weighted by atomic mass is 9.91. The van der Waals surface area contributed by atoms with Crippen LogP contribution in [0.15, 0.2) is 0 Å². The lowest BCUT2D eigenvalue weighted by Gasteiger charge is -2.30. The molecule has 0 spiro atoms. The fourth-order valence-electron chi connectivity index (χ4n) is 1.98. The Bertz CT molecular complexity index is 273. The number of aliphatic carboxylic acids is 1. The van der Waals surface area contributed by atoms with Crippen molar-refractivity contribution in [1.82, 2.24) is 4.90 Å². The Morgan fingerprint density at radius 2 is 2.07 bits per heavy atom. The number of carboxylic acids is 1. The number of carbonyl (C=O) groups is 2. The maximum Gasteiger partial charge on any atom is 0.318 e. The van der Waals surface area contributed by atoms with Gasteiger partial charge in [0.05, 0.1) is 0 Å². The third-order valence-electron chi connectivity index (χ3n) is 3.18. The van der Waals surface area contributed by atoms with Crippen molar-refractivity contribution in [2.45, 2.75) is 46.1 Å². The molecule has 1 rings (SSSR count). The van der Waals surface area contributed by atoms with Crippen molar-refractivity contribution in [3.63, 3.8) is 0 Å². The minimum Gasteiger partial charge on any atom is -0.480 e. The van der Waals surface area contributed by atoms with Crippen LogP contribution in [0.1, 0.15) is 40.0 Å². The van der Waals surface area contributed by atoms with E-state index in [1.54, 1.807) is 4.90 Å². The summed E-state index contributed by atoms with van der Waals surface area (Å²) in [7, 11) is 0. The van der Waals surface area contributed by atoms with E-state index in [0.717, 1.165) is 19.3 Å². The summed E-state index contributed by atoms with van der Waals surface area (Å²) < 4.78 is 0. The van der Waals surface area contributed by atoms with Gasteiger partial charge in [-0.1, -0.05) is 6.92 Å². The van der Waals surface area contributed by atoms with E-state index < -0.39 is 11.4 Å². The number of nitrogens with zero attached hydrogens (tertiary/aromatic N) is 1. The Balaban J connectivity index is 2.80. The third-order valence-corrected chi connectivity index (χ3v) is 3.18. The highest BCUT2D eigenvalue weighted by Gasteiger charge is 2.42. The summed E-state index contributed by atoms with van der Waals surface area (Å²) in [5, 5.41) is 8.98. The zero-order chi connectivity index (χ0) is 11.6. The Morgan fingerprint density at radius 3 is 2.53 bits per heavy atom. The highest BCUT2D eigenvalue weighted by molar-refractivity contribution is 6.01. The van der Waals surface area contributed by atoms with Gasteiger partial charge in [-0.05, 0) is 33.1 Å². The second-order valence-electron chi connectivity index (χ2n) is 4.63. The molecule has 0 saturated carbocycles. The van der Waals surface area contributed by atoms with E-state index in [4.69, 9.17) is 5.11 Å². The van der Waals surface area contributed by atoms with Crippen LogP contribution in [-0.2, 0) is 9.59 Å². The lowest BCUT2D eigenvalue weighted by Crippen LogP contribution is -2.47. The molecule has 1 atom stereocenters. The van der Waals surface area contributed by atoms with Gasteiger partial charge in [-0.25, -0.2) is 0 Å². The van der Waals surface area contributed by atoms with Crippen molar-refractivity contribution in [3.05, 3.63) is 0 Å². The van der Waals surface area contributed by atoms with Crippen LogP contribution in [0.4, 0.5) is 0 Å². The normalized spacial score (nSPS) is 21.8. The largest absolute Gasteiger partial charge is 0.480 e. The van der Waals surface area contributed by atoms with Gasteiger partial charge in [-0.15, -0.1) is 0 Å². The van der Waals surface area contributed by atoms with E-state index in [2.05, 4.69) is 0 Å². The second kappa shape index (κ2) is 4.21. The number of hydrogen-bond donors (Lipinski definition) is 1. The van der Waals surface area contributed by atoms with Gasteiger partial charge >= 0.3 is 5.97 Å². The average Bonchev–Trinajstić information content (AvgIpc) is 2.63. The summed E-state index contributed by atoms with van der Waals surface area (Å²) in [6.07, 6.45) is 2.89. The van der Waals surface area contributed by atoms with E-state index >= 15 is 0 Å². The van der Waals surface area contributed by atoms with E-state index in [1.165, 1.54) is 13.8 Å². The van der Waals surface area contributed by atoms with Crippen LogP contribution >= 0.6 is 0 Å². The number of carboxylic acid groups (broad SMARTS) is 1. The molecule has 0 aromatic heterocycles. The quantitative estimate of drug-likeness (QED) is 0.723. The predicted octanol–water partition coefficient (Wildman–Crippen LogP) is 1.50. The van der Waals surface area contributed by atoms with Crippen LogP contribution in [-0.4, -0.2) is 34.5 Å². The first-order valence-corrected chi connectivity index (χ1v) is 5.45. The van der Waals surface area contributed by atoms with E-state index in [0.29, 0.717) is 6.54 Å². The lowest BCUT2D eigenvalue weighted by molar-refractivity contribution is -0.158. The summed E-state index contributed by atoms with van der Waals surface area (Å²) in [4.78, 5) is 24.7. The van der Waals surface area contributed by atoms with E-state index in [-0.39, 0.29) is 11.9 Å². The standard InChI is InChI=1S/C11H19NO3/c1-4-8-6-5-7-12(8)9(13)11(2,3)10(14)15/h8H,4-7H2,1-3H3,(H,14,15). The third kappa shape index (κ3) is 2.13. The fourth-order valence-corrected chi connectivity index (χ4v) is 1.98. The van der Waals surface area contributed by atoms with Crippen molar-refractivity contribution in [3.8, 4) is 0 Å². The molecule has 4 heteroatoms. The van der Waals surface area contributed by atoms with Crippen molar-refractivity contribution in [2.75, 3.05) is 6.54 Å². The molecule has 0 aliphatic carbocycles. The molecule has 1 heterocycles. The number of hydrogen-bond acceptors (Lipinski definition) is 2. The Hall–Kier alpha value is -1.06. The molecule has 0 radical (unpaired) electrons. The SMILES string of the molecule is CCC1CCCN1C(=O)C(C)(C)C(=O)O. The maximum atomic E-state index is 12.0. The molecule has 1 aliphatic rings. The molecule has 1 fully saturated rings. The first kappa shape index (κ1) is 12.0. The van der Waals surface area contributed by atoms with Crippen molar-refractivity contribution in [1.29, 1.82) is 0 Å². The molecule has 0 aromatic carbocycles. The Kier molecular flexibility index (Phi) is 3.37. The molecule has 86 valence electrons. The van der Waals surface area contributed by atoms with Crippen LogP contribution < -0.4 is 0 Å². The zero-order valence-electron chi connectivity index (χ0n) is 9.62. The smallest absolute Gasteiger partial charge is 0.318 e. The first-order chi connectivity index (χ1) is 6.91.